The van der Waals surface area contributed by atoms with E-state index in [0.717, 1.165) is 21.9 Å². The van der Waals surface area contributed by atoms with E-state index < -0.39 is 0 Å². The predicted octanol–water partition coefficient (Wildman–Crippen LogP) is 2.06. The Kier molecular flexibility index (Phi) is 1.87. The van der Waals surface area contributed by atoms with Gasteiger partial charge in [-0.1, -0.05) is 18.2 Å². The van der Waals surface area contributed by atoms with Crippen LogP contribution in [0.15, 0.2) is 35.5 Å². The molecule has 0 saturated heterocycles. The van der Waals surface area contributed by atoms with Crippen molar-refractivity contribution in [3.63, 3.8) is 0 Å². The molecule has 0 fully saturated rings. The Morgan fingerprint density at radius 2 is 2.15 bits per heavy atom. The molecule has 0 bridgehead atoms. The molecule has 0 unspecified atom stereocenters. The summed E-state index contributed by atoms with van der Waals surface area (Å²) in [6, 6.07) is 7.84. The van der Waals surface area contributed by atoms with Crippen molar-refractivity contribution < 1.29 is 5.21 Å². The van der Waals surface area contributed by atoms with E-state index in [2.05, 4.69) is 4.99 Å². The van der Waals surface area contributed by atoms with E-state index in [1.807, 2.05) is 24.3 Å². The van der Waals surface area contributed by atoms with Crippen molar-refractivity contribution in [3.05, 3.63) is 36.0 Å². The Balaban J connectivity index is 2.44. The van der Waals surface area contributed by atoms with Crippen LogP contribution in [0.25, 0.3) is 5.57 Å². The van der Waals surface area contributed by atoms with Gasteiger partial charge in [0.15, 0.2) is 0 Å². The van der Waals surface area contributed by atoms with E-state index in [9.17, 15) is 0 Å². The zero-order chi connectivity index (χ0) is 9.26. The molecule has 1 aromatic carbocycles. The first-order valence-electron chi connectivity index (χ1n) is 4.04. The van der Waals surface area contributed by atoms with Gasteiger partial charge in [0.1, 0.15) is 0 Å². The highest BCUT2D eigenvalue weighted by molar-refractivity contribution is 6.16. The lowest BCUT2D eigenvalue weighted by atomic mass is 10.1. The highest BCUT2D eigenvalue weighted by atomic mass is 16.5. The summed E-state index contributed by atoms with van der Waals surface area (Å²) >= 11 is 0. The smallest absolute Gasteiger partial charge is 0.0709 e. The Morgan fingerprint density at radius 3 is 2.92 bits per heavy atom. The van der Waals surface area contributed by atoms with Gasteiger partial charge in [-0.2, -0.15) is 0 Å². The van der Waals surface area contributed by atoms with Gasteiger partial charge in [0.2, 0.25) is 0 Å². The summed E-state index contributed by atoms with van der Waals surface area (Å²) in [4.78, 5) is 4.20. The fourth-order valence-corrected chi connectivity index (χ4v) is 1.34. The Morgan fingerprint density at radius 1 is 1.38 bits per heavy atom. The van der Waals surface area contributed by atoms with Crippen LogP contribution in [0.1, 0.15) is 5.56 Å². The number of rotatable bonds is 1. The Bertz CT molecular complexity index is 380. The van der Waals surface area contributed by atoms with Crippen LogP contribution < -0.4 is 0 Å². The summed E-state index contributed by atoms with van der Waals surface area (Å²) in [5.41, 5.74) is 2.94. The van der Waals surface area contributed by atoms with E-state index >= 15 is 0 Å². The Labute approximate surface area is 76.6 Å². The zero-order valence-electron chi connectivity index (χ0n) is 7.31. The van der Waals surface area contributed by atoms with E-state index in [4.69, 9.17) is 5.21 Å². The molecule has 66 valence electrons. The second kappa shape index (κ2) is 3.03. The molecule has 1 heterocycles. The number of para-hydroxylation sites is 1. The number of fused-ring (bicyclic) bond motifs is 1. The highest BCUT2D eigenvalue weighted by Crippen LogP contribution is 2.30. The van der Waals surface area contributed by atoms with Crippen LogP contribution in [-0.4, -0.2) is 23.5 Å². The fraction of sp³-hybridized carbons (Fsp3) is 0.100. The molecule has 1 N–H and O–H groups in total. The molecular weight excluding hydrogens is 164 g/mol. The summed E-state index contributed by atoms with van der Waals surface area (Å²) in [5, 5.41) is 10.1. The van der Waals surface area contributed by atoms with Crippen LogP contribution in [0.5, 0.6) is 0 Å². The maximum atomic E-state index is 9.03. The Hall–Kier alpha value is -1.61. The van der Waals surface area contributed by atoms with Gasteiger partial charge < -0.3 is 0 Å². The van der Waals surface area contributed by atoms with Crippen molar-refractivity contribution in [1.29, 1.82) is 0 Å². The van der Waals surface area contributed by atoms with Crippen LogP contribution in [0.2, 0.25) is 0 Å². The minimum atomic E-state index is 0.931. The monoisotopic (exact) mass is 174 g/mol. The topological polar surface area (TPSA) is 35.8 Å². The molecule has 0 atom stereocenters. The first-order valence-corrected chi connectivity index (χ1v) is 4.04. The van der Waals surface area contributed by atoms with Crippen molar-refractivity contribution in [3.8, 4) is 0 Å². The maximum absolute atomic E-state index is 9.03. The van der Waals surface area contributed by atoms with Gasteiger partial charge in [0, 0.05) is 30.6 Å². The number of hydroxylamine groups is 2. The van der Waals surface area contributed by atoms with Crippen molar-refractivity contribution in [1.82, 2.24) is 5.06 Å². The molecule has 0 aliphatic carbocycles. The molecule has 3 nitrogen and oxygen atoms in total. The van der Waals surface area contributed by atoms with Crippen molar-refractivity contribution in [2.75, 3.05) is 7.05 Å². The van der Waals surface area contributed by atoms with Gasteiger partial charge in [-0.3, -0.25) is 15.3 Å². The molecule has 0 saturated carbocycles. The maximum Gasteiger partial charge on any atom is 0.0709 e. The largest absolute Gasteiger partial charge is 0.289 e. The SMILES string of the molecule is CN(O)C=C1C=Nc2ccccc21. The van der Waals surface area contributed by atoms with Gasteiger partial charge in [-0.15, -0.1) is 0 Å². The summed E-state index contributed by atoms with van der Waals surface area (Å²) < 4.78 is 0. The van der Waals surface area contributed by atoms with Crippen molar-refractivity contribution in [2.24, 2.45) is 4.99 Å². The van der Waals surface area contributed by atoms with Crippen LogP contribution in [-0.2, 0) is 0 Å². The van der Waals surface area contributed by atoms with Crippen LogP contribution >= 0.6 is 0 Å². The zero-order valence-corrected chi connectivity index (χ0v) is 7.31. The standard InChI is InChI=1S/C10H10N2O/c1-12(13)7-8-6-11-10-5-3-2-4-9(8)10/h2-7,13H,1H3. The molecular formula is C10H10N2O. The molecule has 3 heteroatoms. The van der Waals surface area contributed by atoms with Gasteiger partial charge in [-0.05, 0) is 6.07 Å². The van der Waals surface area contributed by atoms with Crippen molar-refractivity contribution in [2.45, 2.75) is 0 Å². The molecule has 1 aromatic rings. The second-order valence-electron chi connectivity index (χ2n) is 2.93. The summed E-state index contributed by atoms with van der Waals surface area (Å²) in [5.74, 6) is 0. The molecule has 1 aliphatic heterocycles. The number of hydrogen-bond donors (Lipinski definition) is 1. The first-order chi connectivity index (χ1) is 6.27. The molecule has 0 aromatic heterocycles. The van der Waals surface area contributed by atoms with E-state index in [0.29, 0.717) is 0 Å². The highest BCUT2D eigenvalue weighted by Gasteiger charge is 2.10. The van der Waals surface area contributed by atoms with Crippen LogP contribution in [0.4, 0.5) is 5.69 Å². The summed E-state index contributed by atoms with van der Waals surface area (Å²) in [6.07, 6.45) is 3.38. The average Bonchev–Trinajstić information content (AvgIpc) is 2.48. The average molecular weight is 174 g/mol. The minimum Gasteiger partial charge on any atom is -0.289 e. The third-order valence-corrected chi connectivity index (χ3v) is 1.88. The molecule has 0 amide bonds. The van der Waals surface area contributed by atoms with Crippen LogP contribution in [0, 0.1) is 0 Å². The van der Waals surface area contributed by atoms with Gasteiger partial charge in [0.25, 0.3) is 0 Å². The third-order valence-electron chi connectivity index (χ3n) is 1.88. The van der Waals surface area contributed by atoms with Gasteiger partial charge >= 0.3 is 0 Å². The second-order valence-corrected chi connectivity index (χ2v) is 2.93. The summed E-state index contributed by atoms with van der Waals surface area (Å²) in [6.45, 7) is 0. The molecule has 0 spiro atoms. The lowest BCUT2D eigenvalue weighted by Crippen LogP contribution is -2.03. The number of nitrogens with zero attached hydrogens (tertiary/aromatic N) is 2. The van der Waals surface area contributed by atoms with Crippen LogP contribution in [0.3, 0.4) is 0 Å². The van der Waals surface area contributed by atoms with E-state index in [1.54, 1.807) is 19.5 Å². The minimum absolute atomic E-state index is 0.931. The van der Waals surface area contributed by atoms with E-state index in [1.165, 1.54) is 0 Å². The first kappa shape index (κ1) is 8.01. The molecule has 2 rings (SSSR count). The lowest BCUT2D eigenvalue weighted by Gasteiger charge is -2.04. The number of hydrogen-bond acceptors (Lipinski definition) is 3. The fourth-order valence-electron chi connectivity index (χ4n) is 1.34. The normalized spacial score (nSPS) is 16.3. The number of allylic oxidation sites excluding steroid dienone is 1. The molecule has 13 heavy (non-hydrogen) atoms. The van der Waals surface area contributed by atoms with E-state index in [-0.39, 0.29) is 0 Å². The van der Waals surface area contributed by atoms with Crippen molar-refractivity contribution >= 4 is 17.5 Å². The molecule has 1 aliphatic rings. The molecule has 0 radical (unpaired) electrons. The van der Waals surface area contributed by atoms with Gasteiger partial charge in [-0.25, -0.2) is 0 Å². The third kappa shape index (κ3) is 1.46. The number of aliphatic imine (C=N–C) groups is 1. The predicted molar refractivity (Wildman–Crippen MR) is 52.1 cm³/mol. The quantitative estimate of drug-likeness (QED) is 0.661. The lowest BCUT2D eigenvalue weighted by molar-refractivity contribution is -0.0120. The summed E-state index contributed by atoms with van der Waals surface area (Å²) in [7, 11) is 1.57. The van der Waals surface area contributed by atoms with Gasteiger partial charge in [0.05, 0.1) is 5.69 Å². The number of benzene rings is 1.